The fourth-order valence-corrected chi connectivity index (χ4v) is 3.99. The molecule has 0 radical (unpaired) electrons. The average Bonchev–Trinajstić information content (AvgIpc) is 3.49. The summed E-state index contributed by atoms with van der Waals surface area (Å²) in [4.78, 5) is 30.1. The van der Waals surface area contributed by atoms with Gasteiger partial charge in [-0.3, -0.25) is 4.79 Å². The minimum absolute atomic E-state index is 0. The Kier molecular flexibility index (Phi) is 6.11. The molecule has 1 aliphatic heterocycles. The van der Waals surface area contributed by atoms with Gasteiger partial charge in [0.1, 0.15) is 11.2 Å². The summed E-state index contributed by atoms with van der Waals surface area (Å²) in [5.74, 6) is -1.69. The van der Waals surface area contributed by atoms with Gasteiger partial charge in [0, 0.05) is 38.0 Å². The lowest BCUT2D eigenvalue weighted by molar-refractivity contribution is 0.0695. The number of aliphatic hydroxyl groups is 1. The zero-order chi connectivity index (χ0) is 20.0. The van der Waals surface area contributed by atoms with Crippen molar-refractivity contribution in [2.75, 3.05) is 24.6 Å². The molecule has 2 aromatic rings. The van der Waals surface area contributed by atoms with Crippen LogP contribution in [0.2, 0.25) is 0 Å². The normalized spacial score (nSPS) is 21.8. The predicted octanol–water partition coefficient (Wildman–Crippen LogP) is 1.53. The van der Waals surface area contributed by atoms with Crippen molar-refractivity contribution in [3.63, 3.8) is 0 Å². The van der Waals surface area contributed by atoms with Gasteiger partial charge in [-0.15, -0.1) is 12.4 Å². The number of anilines is 1. The number of nitrogens with zero attached hydrogens (tertiary/aromatic N) is 3. The maximum atomic E-state index is 14.9. The van der Waals surface area contributed by atoms with Crippen LogP contribution < -0.4 is 16.1 Å². The zero-order valence-electron chi connectivity index (χ0n) is 15.8. The Hall–Kier alpha value is -2.23. The quantitative estimate of drug-likeness (QED) is 0.662. The molecule has 10 heteroatoms. The van der Waals surface area contributed by atoms with Gasteiger partial charge in [-0.25, -0.2) is 14.2 Å². The highest BCUT2D eigenvalue weighted by molar-refractivity contribution is 5.92. The molecule has 1 aliphatic carbocycles. The molecule has 2 atom stereocenters. The number of carboxylic acid groups (broad SMARTS) is 1. The first-order valence-corrected chi connectivity index (χ1v) is 9.50. The second kappa shape index (κ2) is 8.25. The molecule has 0 spiro atoms. The van der Waals surface area contributed by atoms with Crippen molar-refractivity contribution < 1.29 is 19.4 Å². The number of aliphatic hydroxyl groups excluding tert-OH is 1. The van der Waals surface area contributed by atoms with Crippen LogP contribution in [0.3, 0.4) is 0 Å². The topological polar surface area (TPSA) is 122 Å². The molecule has 1 saturated heterocycles. The summed E-state index contributed by atoms with van der Waals surface area (Å²) in [5.41, 5.74) is 5.40. The van der Waals surface area contributed by atoms with Crippen molar-refractivity contribution in [2.24, 2.45) is 11.7 Å². The molecule has 158 valence electrons. The van der Waals surface area contributed by atoms with Crippen LogP contribution in [0.5, 0.6) is 0 Å². The van der Waals surface area contributed by atoms with Crippen molar-refractivity contribution in [3.05, 3.63) is 33.9 Å². The minimum Gasteiger partial charge on any atom is -0.477 e. The van der Waals surface area contributed by atoms with Crippen molar-refractivity contribution >= 4 is 35.2 Å². The summed E-state index contributed by atoms with van der Waals surface area (Å²) in [6, 6.07) is 0.957. The van der Waals surface area contributed by atoms with Crippen molar-refractivity contribution in [2.45, 2.75) is 37.8 Å². The summed E-state index contributed by atoms with van der Waals surface area (Å²) in [6.07, 6.45) is 4.38. The molecule has 2 aliphatic rings. The van der Waals surface area contributed by atoms with E-state index in [2.05, 4.69) is 4.98 Å². The summed E-state index contributed by atoms with van der Waals surface area (Å²) >= 11 is 0. The molecule has 3 heterocycles. The van der Waals surface area contributed by atoms with E-state index in [1.165, 1.54) is 6.20 Å². The van der Waals surface area contributed by atoms with Crippen molar-refractivity contribution in [1.29, 1.82) is 0 Å². The Morgan fingerprint density at radius 2 is 2.07 bits per heavy atom. The number of carboxylic acids is 1. The number of hydrogen-bond acceptors (Lipinski definition) is 6. The molecule has 0 aromatic carbocycles. The van der Waals surface area contributed by atoms with E-state index in [0.29, 0.717) is 31.6 Å². The maximum absolute atomic E-state index is 14.9. The third-order valence-corrected chi connectivity index (χ3v) is 5.72. The molecule has 0 amide bonds. The number of aromatic carboxylic acids is 1. The smallest absolute Gasteiger partial charge is 0.341 e. The number of nitrogens with two attached hydrogens (primary N) is 1. The molecule has 2 aromatic heterocycles. The Morgan fingerprint density at radius 3 is 2.66 bits per heavy atom. The van der Waals surface area contributed by atoms with E-state index >= 15 is 0 Å². The fraction of sp³-hybridized carbons (Fsp3) is 0.526. The Bertz CT molecular complexity index is 994. The third-order valence-electron chi connectivity index (χ3n) is 5.72. The number of hydrogen-bond donors (Lipinski definition) is 3. The highest BCUT2D eigenvalue weighted by Gasteiger charge is 2.31. The molecular formula is C19H24ClFN4O4. The molecule has 0 bridgehead atoms. The van der Waals surface area contributed by atoms with Gasteiger partial charge < -0.3 is 25.4 Å². The number of piperidine rings is 1. The van der Waals surface area contributed by atoms with E-state index in [9.17, 15) is 19.1 Å². The lowest BCUT2D eigenvalue weighted by atomic mass is 9.89. The van der Waals surface area contributed by atoms with E-state index < -0.39 is 17.2 Å². The van der Waals surface area contributed by atoms with Crippen molar-refractivity contribution in [3.8, 4) is 0 Å². The van der Waals surface area contributed by atoms with Crippen LogP contribution in [-0.4, -0.2) is 51.5 Å². The Balaban J connectivity index is 0.00000240. The summed E-state index contributed by atoms with van der Waals surface area (Å²) in [5, 5.41) is 18.4. The number of rotatable bonds is 5. The second-order valence-electron chi connectivity index (χ2n) is 7.65. The van der Waals surface area contributed by atoms with Gasteiger partial charge in [0.25, 0.3) is 0 Å². The predicted molar refractivity (Wildman–Crippen MR) is 108 cm³/mol. The standard InChI is InChI=1S/C19H23FN4O4.ClH/c20-14-7-12-16(26)13(19(27)28)8-24(11-1-2-11)17(12)22-18(14)23-5-3-10(4-6-25)15(21)9-23;/h7-8,10-11,15,25H,1-6,9,21H2,(H,27,28);1H. The summed E-state index contributed by atoms with van der Waals surface area (Å²) in [6.45, 7) is 1.02. The lowest BCUT2D eigenvalue weighted by Crippen LogP contribution is -2.49. The van der Waals surface area contributed by atoms with E-state index in [4.69, 9.17) is 10.8 Å². The molecule has 29 heavy (non-hydrogen) atoms. The summed E-state index contributed by atoms with van der Waals surface area (Å²) in [7, 11) is 0. The second-order valence-corrected chi connectivity index (χ2v) is 7.65. The van der Waals surface area contributed by atoms with Crippen LogP contribution in [0.25, 0.3) is 11.0 Å². The SMILES string of the molecule is Cl.NC1CN(c2nc3c(cc2F)c(=O)c(C(=O)O)cn3C2CC2)CCC1CCO. The number of halogens is 2. The average molecular weight is 427 g/mol. The van der Waals surface area contributed by atoms with E-state index in [1.54, 1.807) is 9.47 Å². The van der Waals surface area contributed by atoms with Gasteiger partial charge in [0.05, 0.1) is 5.39 Å². The van der Waals surface area contributed by atoms with Gasteiger partial charge in [0.15, 0.2) is 11.6 Å². The van der Waals surface area contributed by atoms with Gasteiger partial charge in [-0.2, -0.15) is 0 Å². The Labute approximate surface area is 172 Å². The Morgan fingerprint density at radius 1 is 1.34 bits per heavy atom. The van der Waals surface area contributed by atoms with Crippen LogP contribution in [0.4, 0.5) is 10.2 Å². The zero-order valence-corrected chi connectivity index (χ0v) is 16.6. The highest BCUT2D eigenvalue weighted by Crippen LogP contribution is 2.37. The van der Waals surface area contributed by atoms with Gasteiger partial charge in [-0.05, 0) is 37.7 Å². The molecular weight excluding hydrogens is 403 g/mol. The summed E-state index contributed by atoms with van der Waals surface area (Å²) < 4.78 is 16.5. The first kappa shape index (κ1) is 21.5. The molecule has 8 nitrogen and oxygen atoms in total. The monoisotopic (exact) mass is 426 g/mol. The molecule has 2 fully saturated rings. The molecule has 1 saturated carbocycles. The molecule has 2 unspecified atom stereocenters. The first-order chi connectivity index (χ1) is 13.4. The lowest BCUT2D eigenvalue weighted by Gasteiger charge is -2.37. The largest absolute Gasteiger partial charge is 0.477 e. The number of carbonyl (C=O) groups is 1. The van der Waals surface area contributed by atoms with Crippen LogP contribution in [0, 0.1) is 11.7 Å². The van der Waals surface area contributed by atoms with Crippen LogP contribution in [0.15, 0.2) is 17.1 Å². The first-order valence-electron chi connectivity index (χ1n) is 9.50. The van der Waals surface area contributed by atoms with E-state index in [0.717, 1.165) is 18.9 Å². The highest BCUT2D eigenvalue weighted by atomic mass is 35.5. The van der Waals surface area contributed by atoms with Crippen LogP contribution in [-0.2, 0) is 0 Å². The van der Waals surface area contributed by atoms with Gasteiger partial charge in [0.2, 0.25) is 5.43 Å². The van der Waals surface area contributed by atoms with Gasteiger partial charge in [-0.1, -0.05) is 0 Å². The number of pyridine rings is 2. The van der Waals surface area contributed by atoms with Crippen LogP contribution in [0.1, 0.15) is 42.1 Å². The third kappa shape index (κ3) is 3.94. The minimum atomic E-state index is -1.33. The molecule has 4 N–H and O–H groups in total. The number of aromatic nitrogens is 2. The fourth-order valence-electron chi connectivity index (χ4n) is 3.99. The number of fused-ring (bicyclic) bond motifs is 1. The van der Waals surface area contributed by atoms with Gasteiger partial charge >= 0.3 is 5.97 Å². The maximum Gasteiger partial charge on any atom is 0.341 e. The van der Waals surface area contributed by atoms with Crippen LogP contribution >= 0.6 is 12.4 Å². The van der Waals surface area contributed by atoms with E-state index in [1.807, 2.05) is 0 Å². The van der Waals surface area contributed by atoms with E-state index in [-0.39, 0.29) is 53.8 Å². The molecule has 4 rings (SSSR count). The van der Waals surface area contributed by atoms with Crippen molar-refractivity contribution in [1.82, 2.24) is 9.55 Å².